The smallest absolute Gasteiger partial charge is 0.221 e. The summed E-state index contributed by atoms with van der Waals surface area (Å²) in [4.78, 5) is 13.7. The van der Waals surface area contributed by atoms with Crippen molar-refractivity contribution in [3.8, 4) is 0 Å². The topological polar surface area (TPSA) is 58.4 Å². The summed E-state index contributed by atoms with van der Waals surface area (Å²) in [5, 5.41) is 4.18. The van der Waals surface area contributed by atoms with E-state index in [4.69, 9.17) is 5.73 Å². The fourth-order valence-corrected chi connectivity index (χ4v) is 15.3. The Hall–Kier alpha value is 2.54. The van der Waals surface area contributed by atoms with Crippen molar-refractivity contribution in [1.82, 2.24) is 10.2 Å². The van der Waals surface area contributed by atoms with Crippen molar-refractivity contribution < 1.29 is 4.79 Å². The van der Waals surface area contributed by atoms with Crippen molar-refractivity contribution in [1.29, 1.82) is 0 Å². The van der Waals surface area contributed by atoms with Gasteiger partial charge in [-0.25, -0.2) is 0 Å². The largest absolute Gasteiger partial charge is 0.369 e. The summed E-state index contributed by atoms with van der Waals surface area (Å²) in [6.45, 7) is 7.62. The number of thioether (sulfide) groups is 9. The number of primary amides is 1. The molecule has 2 aliphatic rings. The van der Waals surface area contributed by atoms with Gasteiger partial charge in [0.2, 0.25) is 5.91 Å². The van der Waals surface area contributed by atoms with Crippen molar-refractivity contribution in [2.75, 3.05) is 124 Å². The fraction of sp³-hybridized carbons (Fsp3) is 0.970. The van der Waals surface area contributed by atoms with Crippen molar-refractivity contribution in [2.45, 2.75) is 66.7 Å². The van der Waals surface area contributed by atoms with E-state index in [0.717, 1.165) is 24.9 Å². The van der Waals surface area contributed by atoms with E-state index in [-0.39, 0.29) is 34.1 Å². The monoisotopic (exact) mass is 815 g/mol. The molecule has 13 heteroatoms. The van der Waals surface area contributed by atoms with Gasteiger partial charge in [0.15, 0.2) is 0 Å². The summed E-state index contributed by atoms with van der Waals surface area (Å²) < 4.78 is 0. The Labute approximate surface area is 326 Å². The minimum Gasteiger partial charge on any atom is -0.369 e. The Morgan fingerprint density at radius 1 is 0.717 bits per heavy atom. The number of nitrogens with zero attached hydrogens (tertiary/aromatic N) is 1. The van der Waals surface area contributed by atoms with Crippen LogP contribution in [0.1, 0.15) is 55.4 Å². The first-order chi connectivity index (χ1) is 21.0. The molecule has 2 rings (SSSR count). The Morgan fingerprint density at radius 3 is 1.54 bits per heavy atom. The van der Waals surface area contributed by atoms with Crippen LogP contribution in [0.2, 0.25) is 0 Å². The van der Waals surface area contributed by atoms with E-state index in [2.05, 4.69) is 118 Å². The lowest BCUT2D eigenvalue weighted by Gasteiger charge is -2.28. The van der Waals surface area contributed by atoms with Crippen LogP contribution in [-0.4, -0.2) is 147 Å². The highest BCUT2D eigenvalue weighted by Gasteiger charge is 2.16. The SMILES string of the molecule is C.C.C.CC(CSC1CSCCSCCCSCCSC1)C(N)=O.CCCNCCN(C)C1CSCCSCCCSCCSC1. The lowest BCUT2D eigenvalue weighted by Crippen LogP contribution is -2.40. The molecule has 280 valence electrons. The summed E-state index contributed by atoms with van der Waals surface area (Å²) in [7, 11) is 2.31. The molecule has 0 radical (unpaired) electrons. The molecule has 1 unspecified atom stereocenters. The highest BCUT2D eigenvalue weighted by Crippen LogP contribution is 2.25. The zero-order valence-electron chi connectivity index (χ0n) is 27.1. The molecule has 0 aromatic carbocycles. The summed E-state index contributed by atoms with van der Waals surface area (Å²) >= 11 is 18.9. The molecule has 1 amide bonds. The second kappa shape index (κ2) is 40.3. The lowest BCUT2D eigenvalue weighted by atomic mass is 10.2. The minimum absolute atomic E-state index is 0. The van der Waals surface area contributed by atoms with Crippen molar-refractivity contribution in [2.24, 2.45) is 11.7 Å². The molecule has 0 aromatic heterocycles. The molecule has 3 N–H and O–H groups in total. The average molecular weight is 817 g/mol. The Balaban J connectivity index is -0.000000755. The van der Waals surface area contributed by atoms with E-state index in [0.29, 0.717) is 5.25 Å². The predicted octanol–water partition coefficient (Wildman–Crippen LogP) is 9.08. The number of nitrogens with one attached hydrogen (secondary N) is 1. The fourth-order valence-electron chi connectivity index (χ4n) is 3.82. The molecule has 0 spiro atoms. The van der Waals surface area contributed by atoms with E-state index in [1.54, 1.807) is 0 Å². The number of hydrogen-bond acceptors (Lipinski definition) is 12. The van der Waals surface area contributed by atoms with Gasteiger partial charge in [-0.2, -0.15) is 106 Å². The maximum absolute atomic E-state index is 11.1. The van der Waals surface area contributed by atoms with E-state index in [1.807, 2.05) is 18.7 Å². The summed E-state index contributed by atoms with van der Waals surface area (Å²) in [5.41, 5.74) is 5.36. The number of carbonyl (C=O) groups excluding carboxylic acids is 1. The van der Waals surface area contributed by atoms with Gasteiger partial charge in [-0.15, -0.1) is 0 Å². The van der Waals surface area contributed by atoms with Crippen LogP contribution >= 0.6 is 106 Å². The number of amides is 1. The molecule has 2 aliphatic heterocycles. The van der Waals surface area contributed by atoms with Crippen LogP contribution in [0.25, 0.3) is 0 Å². The number of rotatable bonds is 10. The summed E-state index contributed by atoms with van der Waals surface area (Å²) in [6, 6.07) is 0.733. The van der Waals surface area contributed by atoms with Crippen molar-refractivity contribution in [3.63, 3.8) is 0 Å². The molecular weight excluding hydrogens is 743 g/mol. The number of likely N-dealkylation sites (N-methyl/N-ethyl adjacent to an activating group) is 1. The minimum atomic E-state index is -0.170. The van der Waals surface area contributed by atoms with Crippen molar-refractivity contribution >= 4 is 112 Å². The maximum atomic E-state index is 11.1. The predicted molar refractivity (Wildman–Crippen MR) is 242 cm³/mol. The molecule has 2 heterocycles. The number of nitrogens with two attached hydrogens (primary N) is 1. The molecule has 2 fully saturated rings. The number of hydrogen-bond donors (Lipinski definition) is 2. The third-order valence-corrected chi connectivity index (χ3v) is 18.4. The van der Waals surface area contributed by atoms with E-state index < -0.39 is 0 Å². The Kier molecular flexibility index (Phi) is 46.4. The molecular formula is C33H73N3OS9. The standard InChI is InChI=1S/C16H34N2S4.C14H27NOS5.3CH4/c1-3-5-17-6-7-18(2)16-14-21-12-10-19-8-4-9-20-11-13-22-15-16;1-12(14(15)16)9-21-13-10-19-7-5-17-3-2-4-18-6-8-20-11-13;;;/h16-17H,3-15H2,1-2H3;12-13H,2-11H2,1H3,(H2,15,16);3*1H4. The summed E-state index contributed by atoms with van der Waals surface area (Å²) in [5.74, 6) is 21.4. The molecule has 46 heavy (non-hydrogen) atoms. The van der Waals surface area contributed by atoms with E-state index >= 15 is 0 Å². The molecule has 0 bridgehead atoms. The van der Waals surface area contributed by atoms with Gasteiger partial charge in [0.1, 0.15) is 0 Å². The van der Waals surface area contributed by atoms with Gasteiger partial charge in [-0.3, -0.25) is 4.79 Å². The average Bonchev–Trinajstić information content (AvgIpc) is 3.00. The van der Waals surface area contributed by atoms with Gasteiger partial charge in [0.25, 0.3) is 0 Å². The van der Waals surface area contributed by atoms with Crippen LogP contribution in [0.5, 0.6) is 0 Å². The highest BCUT2D eigenvalue weighted by atomic mass is 32.2. The normalized spacial score (nSPS) is 20.2. The van der Waals surface area contributed by atoms with Gasteiger partial charge in [-0.05, 0) is 55.9 Å². The van der Waals surface area contributed by atoms with Crippen LogP contribution in [0.4, 0.5) is 0 Å². The number of carbonyl (C=O) groups is 1. The van der Waals surface area contributed by atoms with Gasteiger partial charge in [-0.1, -0.05) is 36.1 Å². The van der Waals surface area contributed by atoms with Gasteiger partial charge < -0.3 is 16.0 Å². The molecule has 2 saturated heterocycles. The lowest BCUT2D eigenvalue weighted by molar-refractivity contribution is -0.120. The molecule has 0 aliphatic carbocycles. The van der Waals surface area contributed by atoms with Crippen LogP contribution in [0.15, 0.2) is 0 Å². The van der Waals surface area contributed by atoms with Gasteiger partial charge in [0, 0.05) is 105 Å². The van der Waals surface area contributed by atoms with E-state index in [9.17, 15) is 4.79 Å². The van der Waals surface area contributed by atoms with Crippen LogP contribution in [-0.2, 0) is 4.79 Å². The van der Waals surface area contributed by atoms with Gasteiger partial charge in [0.05, 0.1) is 0 Å². The van der Waals surface area contributed by atoms with E-state index in [1.165, 1.54) is 118 Å². The van der Waals surface area contributed by atoms with Crippen molar-refractivity contribution in [3.05, 3.63) is 0 Å². The molecule has 4 nitrogen and oxygen atoms in total. The van der Waals surface area contributed by atoms with Crippen LogP contribution in [0.3, 0.4) is 0 Å². The van der Waals surface area contributed by atoms with Crippen LogP contribution < -0.4 is 11.1 Å². The molecule has 0 aromatic rings. The first-order valence-electron chi connectivity index (χ1n) is 16.0. The Morgan fingerprint density at radius 2 is 1.13 bits per heavy atom. The molecule has 1 atom stereocenters. The maximum Gasteiger partial charge on any atom is 0.221 e. The highest BCUT2D eigenvalue weighted by molar-refractivity contribution is 8.06. The first kappa shape index (κ1) is 52.9. The second-order valence-corrected chi connectivity index (χ2v) is 21.4. The zero-order chi connectivity index (χ0) is 31.2. The summed E-state index contributed by atoms with van der Waals surface area (Å²) in [6.07, 6.45) is 3.98. The zero-order valence-corrected chi connectivity index (χ0v) is 34.5. The quantitative estimate of drug-likeness (QED) is 0.207. The second-order valence-electron chi connectivity index (χ2n) is 10.6. The Bertz CT molecular complexity index is 601. The van der Waals surface area contributed by atoms with Crippen LogP contribution in [0, 0.1) is 5.92 Å². The van der Waals surface area contributed by atoms with Gasteiger partial charge >= 0.3 is 0 Å². The third-order valence-electron chi connectivity index (χ3n) is 6.63. The first-order valence-corrected chi connectivity index (χ1v) is 26.3. The third kappa shape index (κ3) is 33.7. The molecule has 0 saturated carbocycles.